The highest BCUT2D eigenvalue weighted by Gasteiger charge is 2.54. The van der Waals surface area contributed by atoms with Crippen molar-refractivity contribution >= 4 is 15.4 Å². The molecule has 2 nitrogen and oxygen atoms in total. The minimum Gasteiger partial charge on any atom is -0.417 e. The summed E-state index contributed by atoms with van der Waals surface area (Å²) in [5.41, 5.74) is 0. The molecule has 0 aromatic carbocycles. The van der Waals surface area contributed by atoms with Crippen LogP contribution in [0.1, 0.15) is 67.2 Å². The Kier molecular flexibility index (Phi) is 12.1. The van der Waals surface area contributed by atoms with Gasteiger partial charge in [0.05, 0.1) is 13.8 Å². The van der Waals surface area contributed by atoms with Crippen molar-refractivity contribution in [3.05, 3.63) is 0 Å². The molecular formula is C17H40O2Si2. The van der Waals surface area contributed by atoms with E-state index in [-0.39, 0.29) is 0 Å². The number of ether oxygens (including phenoxy) is 1. The lowest BCUT2D eigenvalue weighted by atomic mass is 10.6. The number of hydrogen-bond acceptors (Lipinski definition) is 2. The molecule has 0 aliphatic rings. The molecule has 21 heavy (non-hydrogen) atoms. The van der Waals surface area contributed by atoms with Crippen molar-refractivity contribution in [1.82, 2.24) is 0 Å². The molecule has 0 saturated heterocycles. The molecule has 0 bridgehead atoms. The molecule has 0 saturated carbocycles. The monoisotopic (exact) mass is 332 g/mol. The number of rotatable bonds is 14. The van der Waals surface area contributed by atoms with Crippen LogP contribution in [-0.2, 0) is 9.16 Å². The van der Waals surface area contributed by atoms with E-state index in [9.17, 15) is 0 Å². The molecule has 1 atom stereocenters. The minimum atomic E-state index is -1.74. The molecule has 0 spiro atoms. The summed E-state index contributed by atoms with van der Waals surface area (Å²) in [7, 11) is -3.11. The highest BCUT2D eigenvalue weighted by Crippen LogP contribution is 2.38. The largest absolute Gasteiger partial charge is 0.417 e. The normalized spacial score (nSPS) is 15.1. The summed E-state index contributed by atoms with van der Waals surface area (Å²) >= 11 is 0. The van der Waals surface area contributed by atoms with E-state index in [1.807, 2.05) is 0 Å². The van der Waals surface area contributed by atoms with Gasteiger partial charge in [-0.1, -0.05) is 71.5 Å². The minimum absolute atomic E-state index is 0.834. The first-order valence-electron chi connectivity index (χ1n) is 9.33. The van der Waals surface area contributed by atoms with E-state index < -0.39 is 15.4 Å². The van der Waals surface area contributed by atoms with Crippen molar-refractivity contribution < 1.29 is 9.16 Å². The van der Waals surface area contributed by atoms with Gasteiger partial charge in [0, 0.05) is 13.2 Å². The highest BCUT2D eigenvalue weighted by molar-refractivity contribution is 7.40. The van der Waals surface area contributed by atoms with Crippen LogP contribution in [0, 0.1) is 0 Å². The second-order valence-electron chi connectivity index (χ2n) is 6.34. The Morgan fingerprint density at radius 2 is 1.10 bits per heavy atom. The smallest absolute Gasteiger partial charge is 0.204 e. The van der Waals surface area contributed by atoms with Gasteiger partial charge in [0.1, 0.15) is 0 Å². The van der Waals surface area contributed by atoms with Crippen molar-refractivity contribution in [2.24, 2.45) is 0 Å². The van der Waals surface area contributed by atoms with Gasteiger partial charge < -0.3 is 9.16 Å². The van der Waals surface area contributed by atoms with Crippen molar-refractivity contribution in [2.45, 2.75) is 91.4 Å². The highest BCUT2D eigenvalue weighted by atomic mass is 29.3. The third kappa shape index (κ3) is 5.81. The summed E-state index contributed by atoms with van der Waals surface area (Å²) in [5, 5.41) is 0. The fourth-order valence-electron chi connectivity index (χ4n) is 4.20. The fourth-order valence-corrected chi connectivity index (χ4v) is 23.9. The zero-order chi connectivity index (χ0) is 16.2. The SMILES string of the molecule is CCC[Si](CCC)(CCC)[Si](CCC)(COCC)OCC. The second-order valence-corrected chi connectivity index (χ2v) is 19.4. The average Bonchev–Trinajstić information content (AvgIpc) is 2.46. The van der Waals surface area contributed by atoms with Crippen molar-refractivity contribution in [2.75, 3.05) is 19.4 Å². The molecule has 4 heteroatoms. The van der Waals surface area contributed by atoms with Gasteiger partial charge in [-0.25, -0.2) is 0 Å². The summed E-state index contributed by atoms with van der Waals surface area (Å²) < 4.78 is 12.7. The first-order valence-corrected chi connectivity index (χ1v) is 15.3. The zero-order valence-corrected chi connectivity index (χ0v) is 17.6. The first-order chi connectivity index (χ1) is 10.1. The standard InChI is InChI=1S/C17H40O2Si2/c1-7-13-20(14-8-2,15-9-3)21(16-10-4,19-12-6)17-18-11-5/h7-17H2,1-6H3. The van der Waals surface area contributed by atoms with Gasteiger partial charge in [-0.3, -0.25) is 0 Å². The molecule has 0 amide bonds. The lowest BCUT2D eigenvalue weighted by molar-refractivity contribution is 0.168. The van der Waals surface area contributed by atoms with E-state index >= 15 is 0 Å². The molecule has 0 heterocycles. The Bertz CT molecular complexity index is 224. The predicted molar refractivity (Wildman–Crippen MR) is 100 cm³/mol. The van der Waals surface area contributed by atoms with Gasteiger partial charge in [-0.05, 0) is 19.9 Å². The fraction of sp³-hybridized carbons (Fsp3) is 1.00. The quantitative estimate of drug-likeness (QED) is 0.379. The van der Waals surface area contributed by atoms with Gasteiger partial charge in [0.25, 0.3) is 0 Å². The van der Waals surface area contributed by atoms with Crippen LogP contribution in [0.2, 0.25) is 24.2 Å². The summed E-state index contributed by atoms with van der Waals surface area (Å²) in [6.45, 7) is 15.5. The maximum Gasteiger partial charge on any atom is 0.204 e. The molecule has 0 aromatic heterocycles. The third-order valence-corrected chi connectivity index (χ3v) is 23.6. The Balaban J connectivity index is 5.65. The Labute approximate surface area is 135 Å². The van der Waals surface area contributed by atoms with E-state index in [2.05, 4.69) is 41.5 Å². The molecule has 0 aliphatic heterocycles. The van der Waals surface area contributed by atoms with E-state index in [0.717, 1.165) is 19.4 Å². The Morgan fingerprint density at radius 1 is 0.619 bits per heavy atom. The van der Waals surface area contributed by atoms with Gasteiger partial charge in [0.2, 0.25) is 7.83 Å². The van der Waals surface area contributed by atoms with Crippen LogP contribution >= 0.6 is 0 Å². The molecule has 0 N–H and O–H groups in total. The molecule has 0 rings (SSSR count). The average molecular weight is 333 g/mol. The Morgan fingerprint density at radius 3 is 1.43 bits per heavy atom. The Hall–Kier alpha value is 0.354. The van der Waals surface area contributed by atoms with E-state index in [4.69, 9.17) is 9.16 Å². The summed E-state index contributed by atoms with van der Waals surface area (Å²) in [6, 6.07) is 5.67. The summed E-state index contributed by atoms with van der Waals surface area (Å²) in [5.74, 6) is 0. The van der Waals surface area contributed by atoms with E-state index in [1.54, 1.807) is 0 Å². The lowest BCUT2D eigenvalue weighted by Crippen LogP contribution is -2.67. The van der Waals surface area contributed by atoms with Crippen molar-refractivity contribution in [1.29, 1.82) is 0 Å². The molecule has 1 unspecified atom stereocenters. The van der Waals surface area contributed by atoms with Gasteiger partial charge in [0.15, 0.2) is 0 Å². The number of hydrogen-bond donors (Lipinski definition) is 0. The van der Waals surface area contributed by atoms with Crippen molar-refractivity contribution in [3.63, 3.8) is 0 Å². The topological polar surface area (TPSA) is 18.5 Å². The summed E-state index contributed by atoms with van der Waals surface area (Å²) in [6.07, 6.45) is 6.18. The van der Waals surface area contributed by atoms with Gasteiger partial charge in [-0.15, -0.1) is 0 Å². The van der Waals surface area contributed by atoms with Crippen LogP contribution in [0.5, 0.6) is 0 Å². The molecule has 0 aromatic rings. The van der Waals surface area contributed by atoms with Crippen LogP contribution in [0.25, 0.3) is 0 Å². The van der Waals surface area contributed by atoms with Crippen LogP contribution in [-0.4, -0.2) is 34.9 Å². The maximum atomic E-state index is 6.67. The van der Waals surface area contributed by atoms with E-state index in [0.29, 0.717) is 0 Å². The van der Waals surface area contributed by atoms with Crippen LogP contribution in [0.15, 0.2) is 0 Å². The molecular weight excluding hydrogens is 292 g/mol. The van der Waals surface area contributed by atoms with Crippen LogP contribution < -0.4 is 0 Å². The van der Waals surface area contributed by atoms with Crippen molar-refractivity contribution in [3.8, 4) is 0 Å². The first kappa shape index (κ1) is 21.4. The third-order valence-electron chi connectivity index (χ3n) is 4.77. The molecule has 0 aliphatic carbocycles. The molecule has 0 fully saturated rings. The predicted octanol–water partition coefficient (Wildman–Crippen LogP) is 5.71. The van der Waals surface area contributed by atoms with Crippen LogP contribution in [0.4, 0.5) is 0 Å². The van der Waals surface area contributed by atoms with E-state index in [1.165, 1.54) is 49.9 Å². The lowest BCUT2D eigenvalue weighted by Gasteiger charge is -2.47. The van der Waals surface area contributed by atoms with Crippen LogP contribution in [0.3, 0.4) is 0 Å². The second kappa shape index (κ2) is 11.9. The zero-order valence-electron chi connectivity index (χ0n) is 15.6. The molecule has 0 radical (unpaired) electrons. The van der Waals surface area contributed by atoms with Gasteiger partial charge >= 0.3 is 0 Å². The summed E-state index contributed by atoms with van der Waals surface area (Å²) in [4.78, 5) is 0. The maximum absolute atomic E-state index is 6.67. The molecule has 128 valence electrons. The van der Waals surface area contributed by atoms with Gasteiger partial charge in [-0.2, -0.15) is 0 Å².